The Balaban J connectivity index is 1.48. The molecule has 7 nitrogen and oxygen atoms in total. The second-order valence-electron chi connectivity index (χ2n) is 7.59. The molecule has 1 fully saturated rings. The van der Waals surface area contributed by atoms with E-state index >= 15 is 0 Å². The predicted octanol–water partition coefficient (Wildman–Crippen LogP) is 3.24. The second kappa shape index (κ2) is 8.14. The SMILES string of the molecule is CC(=O)CCN1CCC(Nc2nc3cccnc3n2Cc2ccc(C)o2)CC1. The molecule has 1 saturated heterocycles. The van der Waals surface area contributed by atoms with E-state index in [1.54, 1.807) is 13.1 Å². The van der Waals surface area contributed by atoms with E-state index < -0.39 is 0 Å². The van der Waals surface area contributed by atoms with Crippen molar-refractivity contribution in [2.24, 2.45) is 0 Å². The van der Waals surface area contributed by atoms with Gasteiger partial charge in [0.1, 0.15) is 22.8 Å². The van der Waals surface area contributed by atoms with Crippen LogP contribution in [0.4, 0.5) is 5.95 Å². The minimum atomic E-state index is 0.259. The van der Waals surface area contributed by atoms with Crippen molar-refractivity contribution in [2.75, 3.05) is 25.0 Å². The number of piperidine rings is 1. The lowest BCUT2D eigenvalue weighted by molar-refractivity contribution is -0.117. The minimum Gasteiger partial charge on any atom is -0.464 e. The summed E-state index contributed by atoms with van der Waals surface area (Å²) in [7, 11) is 0. The van der Waals surface area contributed by atoms with Crippen molar-refractivity contribution in [3.63, 3.8) is 0 Å². The number of aryl methyl sites for hydroxylation is 1. The quantitative estimate of drug-likeness (QED) is 0.677. The number of ketones is 1. The third kappa shape index (κ3) is 4.25. The first-order valence-electron chi connectivity index (χ1n) is 9.93. The van der Waals surface area contributed by atoms with Crippen LogP contribution < -0.4 is 5.32 Å². The maximum Gasteiger partial charge on any atom is 0.205 e. The molecule has 3 aromatic heterocycles. The van der Waals surface area contributed by atoms with Gasteiger partial charge in [-0.3, -0.25) is 9.36 Å². The van der Waals surface area contributed by atoms with Crippen molar-refractivity contribution >= 4 is 22.9 Å². The van der Waals surface area contributed by atoms with Crippen molar-refractivity contribution in [1.29, 1.82) is 0 Å². The van der Waals surface area contributed by atoms with E-state index in [0.717, 1.165) is 61.1 Å². The average Bonchev–Trinajstić information content (AvgIpc) is 3.25. The van der Waals surface area contributed by atoms with Crippen LogP contribution in [0.3, 0.4) is 0 Å². The molecule has 28 heavy (non-hydrogen) atoms. The zero-order chi connectivity index (χ0) is 19.5. The van der Waals surface area contributed by atoms with Gasteiger partial charge in [0, 0.05) is 38.3 Å². The fourth-order valence-electron chi connectivity index (χ4n) is 3.74. The van der Waals surface area contributed by atoms with Crippen molar-refractivity contribution in [1.82, 2.24) is 19.4 Å². The molecule has 0 bridgehead atoms. The van der Waals surface area contributed by atoms with Gasteiger partial charge in [0.05, 0.1) is 6.54 Å². The molecule has 3 aromatic rings. The van der Waals surface area contributed by atoms with E-state index in [4.69, 9.17) is 9.40 Å². The normalized spacial score (nSPS) is 15.9. The molecular weight excluding hydrogens is 354 g/mol. The molecule has 0 radical (unpaired) electrons. The summed E-state index contributed by atoms with van der Waals surface area (Å²) in [5, 5.41) is 3.63. The van der Waals surface area contributed by atoms with Gasteiger partial charge >= 0.3 is 0 Å². The molecule has 4 rings (SSSR count). The third-order valence-electron chi connectivity index (χ3n) is 5.31. The van der Waals surface area contributed by atoms with Crippen molar-refractivity contribution in [3.8, 4) is 0 Å². The molecule has 0 saturated carbocycles. The first kappa shape index (κ1) is 18.7. The van der Waals surface area contributed by atoms with Crippen molar-refractivity contribution in [3.05, 3.63) is 42.0 Å². The molecule has 1 aliphatic heterocycles. The first-order valence-corrected chi connectivity index (χ1v) is 9.93. The Hall–Kier alpha value is -2.67. The van der Waals surface area contributed by atoms with Crippen LogP contribution in [0.25, 0.3) is 11.2 Å². The van der Waals surface area contributed by atoms with E-state index in [1.807, 2.05) is 31.2 Å². The van der Waals surface area contributed by atoms with Gasteiger partial charge in [0.15, 0.2) is 5.65 Å². The molecule has 0 amide bonds. The topological polar surface area (TPSA) is 76.2 Å². The summed E-state index contributed by atoms with van der Waals surface area (Å²) in [6.07, 6.45) is 4.51. The van der Waals surface area contributed by atoms with Crippen molar-refractivity contribution < 1.29 is 9.21 Å². The molecule has 0 atom stereocenters. The Morgan fingerprint density at radius 3 is 2.82 bits per heavy atom. The number of aromatic nitrogens is 3. The Morgan fingerprint density at radius 2 is 2.11 bits per heavy atom. The molecule has 0 unspecified atom stereocenters. The number of rotatable bonds is 7. The molecule has 0 spiro atoms. The number of furan rings is 1. The first-order chi connectivity index (χ1) is 13.6. The van der Waals surface area contributed by atoms with E-state index in [-0.39, 0.29) is 5.78 Å². The number of nitrogens with one attached hydrogen (secondary N) is 1. The molecule has 0 aliphatic carbocycles. The van der Waals surface area contributed by atoms with Gasteiger partial charge in [-0.25, -0.2) is 9.97 Å². The van der Waals surface area contributed by atoms with E-state index in [9.17, 15) is 4.79 Å². The zero-order valence-electron chi connectivity index (χ0n) is 16.5. The maximum absolute atomic E-state index is 11.2. The number of nitrogens with zero attached hydrogens (tertiary/aromatic N) is 4. The van der Waals surface area contributed by atoms with Crippen LogP contribution in [-0.2, 0) is 11.3 Å². The Kier molecular flexibility index (Phi) is 5.43. The number of carbonyl (C=O) groups excluding carboxylic acids is 1. The minimum absolute atomic E-state index is 0.259. The van der Waals surface area contributed by atoms with Crippen LogP contribution in [0.5, 0.6) is 0 Å². The molecule has 1 N–H and O–H groups in total. The summed E-state index contributed by atoms with van der Waals surface area (Å²) >= 11 is 0. The van der Waals surface area contributed by atoms with Crippen LogP contribution in [0, 0.1) is 6.92 Å². The van der Waals surface area contributed by atoms with Gasteiger partial charge in [0.25, 0.3) is 0 Å². The van der Waals surface area contributed by atoms with Gasteiger partial charge in [-0.05, 0) is 51.0 Å². The monoisotopic (exact) mass is 381 g/mol. The lowest BCUT2D eigenvalue weighted by atomic mass is 10.0. The summed E-state index contributed by atoms with van der Waals surface area (Å²) in [6.45, 7) is 7.07. The number of pyridine rings is 1. The lowest BCUT2D eigenvalue weighted by Crippen LogP contribution is -2.40. The fourth-order valence-corrected chi connectivity index (χ4v) is 3.74. The van der Waals surface area contributed by atoms with Gasteiger partial charge < -0.3 is 14.6 Å². The number of anilines is 1. The Labute approximate surface area is 164 Å². The average molecular weight is 381 g/mol. The van der Waals surface area contributed by atoms with Crippen LogP contribution in [-0.4, -0.2) is 50.9 Å². The highest BCUT2D eigenvalue weighted by atomic mass is 16.3. The molecule has 0 aromatic carbocycles. The summed E-state index contributed by atoms with van der Waals surface area (Å²) < 4.78 is 7.87. The highest BCUT2D eigenvalue weighted by Gasteiger charge is 2.22. The Bertz CT molecular complexity index is 953. The number of imidazole rings is 1. The number of Topliss-reactive ketones (excluding diaryl/α,β-unsaturated/α-hetero) is 1. The standard InChI is InChI=1S/C21H27N5O2/c1-15(27)7-11-25-12-8-17(9-13-25)23-21-24-19-4-3-10-22-20(19)26(21)14-18-6-5-16(2)28-18/h3-6,10,17H,7-9,11-14H2,1-2H3,(H,23,24). The second-order valence-corrected chi connectivity index (χ2v) is 7.59. The summed E-state index contributed by atoms with van der Waals surface area (Å²) in [4.78, 5) is 22.9. The van der Waals surface area contributed by atoms with Gasteiger partial charge in [-0.15, -0.1) is 0 Å². The maximum atomic E-state index is 11.2. The van der Waals surface area contributed by atoms with E-state index in [1.165, 1.54) is 0 Å². The fraction of sp³-hybridized carbons (Fsp3) is 0.476. The third-order valence-corrected chi connectivity index (χ3v) is 5.31. The molecule has 4 heterocycles. The molecular formula is C21H27N5O2. The number of carbonyl (C=O) groups is 1. The predicted molar refractivity (Wildman–Crippen MR) is 108 cm³/mol. The van der Waals surface area contributed by atoms with Gasteiger partial charge in [0.2, 0.25) is 5.95 Å². The van der Waals surface area contributed by atoms with Crippen LogP contribution in [0.15, 0.2) is 34.9 Å². The number of fused-ring (bicyclic) bond motifs is 1. The summed E-state index contributed by atoms with van der Waals surface area (Å²) in [5.41, 5.74) is 1.74. The van der Waals surface area contributed by atoms with E-state index in [2.05, 4.69) is 19.8 Å². The molecule has 1 aliphatic rings. The van der Waals surface area contributed by atoms with Gasteiger partial charge in [-0.1, -0.05) is 0 Å². The lowest BCUT2D eigenvalue weighted by Gasteiger charge is -2.32. The zero-order valence-corrected chi connectivity index (χ0v) is 16.5. The van der Waals surface area contributed by atoms with Crippen molar-refractivity contribution in [2.45, 2.75) is 45.7 Å². The molecule has 7 heteroatoms. The number of likely N-dealkylation sites (tertiary alicyclic amines) is 1. The number of hydrogen-bond acceptors (Lipinski definition) is 6. The van der Waals surface area contributed by atoms with Gasteiger partial charge in [-0.2, -0.15) is 0 Å². The number of hydrogen-bond donors (Lipinski definition) is 1. The smallest absolute Gasteiger partial charge is 0.205 e. The highest BCUT2D eigenvalue weighted by molar-refractivity contribution is 5.75. The highest BCUT2D eigenvalue weighted by Crippen LogP contribution is 2.23. The van der Waals surface area contributed by atoms with Crippen LogP contribution >= 0.6 is 0 Å². The summed E-state index contributed by atoms with van der Waals surface area (Å²) in [5.74, 6) is 2.89. The summed E-state index contributed by atoms with van der Waals surface area (Å²) in [6, 6.07) is 8.24. The van der Waals surface area contributed by atoms with E-state index in [0.29, 0.717) is 19.0 Å². The Morgan fingerprint density at radius 1 is 1.29 bits per heavy atom. The van der Waals surface area contributed by atoms with Crippen LogP contribution in [0.2, 0.25) is 0 Å². The largest absolute Gasteiger partial charge is 0.464 e. The molecule has 148 valence electrons. The van der Waals surface area contributed by atoms with Crippen LogP contribution in [0.1, 0.15) is 37.7 Å².